The Balaban J connectivity index is 1.10. The molecule has 0 saturated heterocycles. The monoisotopic (exact) mass is 792 g/mol. The largest absolute Gasteiger partial charge is 0.309 e. The molecule has 0 spiro atoms. The first-order chi connectivity index (χ1) is 30.8. The van der Waals surface area contributed by atoms with Gasteiger partial charge in [-0.2, -0.15) is 5.10 Å². The summed E-state index contributed by atoms with van der Waals surface area (Å²) in [7, 11) is 0. The van der Waals surface area contributed by atoms with Gasteiger partial charge in [-0.05, 0) is 47.3 Å². The second-order valence-electron chi connectivity index (χ2n) is 15.5. The van der Waals surface area contributed by atoms with Gasteiger partial charge in [0.25, 0.3) is 0 Å². The number of aromatic nitrogens is 6. The number of nitrogens with zero attached hydrogens (tertiary/aromatic N) is 6. The molecule has 0 fully saturated rings. The van der Waals surface area contributed by atoms with E-state index in [-0.39, 0.29) is 0 Å². The molecular weight excluding hydrogens is 757 g/mol. The first-order valence-corrected chi connectivity index (χ1v) is 20.8. The van der Waals surface area contributed by atoms with E-state index < -0.39 is 0 Å². The third kappa shape index (κ3) is 5.88. The Hall–Kier alpha value is -8.48. The second kappa shape index (κ2) is 14.7. The minimum atomic E-state index is 0.583. The number of para-hydroxylation sites is 2. The third-order valence-corrected chi connectivity index (χ3v) is 11.8. The Bertz CT molecular complexity index is 3610. The Labute approximate surface area is 357 Å². The first-order valence-electron chi connectivity index (χ1n) is 20.8. The zero-order chi connectivity index (χ0) is 41.0. The van der Waals surface area contributed by atoms with Crippen LogP contribution in [0.1, 0.15) is 0 Å². The van der Waals surface area contributed by atoms with Gasteiger partial charge in [-0.3, -0.25) is 0 Å². The molecule has 6 heteroatoms. The fourth-order valence-corrected chi connectivity index (χ4v) is 8.99. The summed E-state index contributed by atoms with van der Waals surface area (Å²) in [5.41, 5.74) is 13.2. The van der Waals surface area contributed by atoms with E-state index in [9.17, 15) is 0 Å². The van der Waals surface area contributed by atoms with Crippen LogP contribution in [0.3, 0.4) is 0 Å². The van der Waals surface area contributed by atoms with Crippen molar-refractivity contribution >= 4 is 38.1 Å². The smallest absolute Gasteiger partial charge is 0.164 e. The van der Waals surface area contributed by atoms with Gasteiger partial charge in [0.2, 0.25) is 0 Å². The van der Waals surface area contributed by atoms with Crippen LogP contribution in [0.2, 0.25) is 0 Å². The zero-order valence-corrected chi connectivity index (χ0v) is 33.5. The summed E-state index contributed by atoms with van der Waals surface area (Å²) >= 11 is 0. The highest BCUT2D eigenvalue weighted by Gasteiger charge is 2.23. The lowest BCUT2D eigenvalue weighted by Gasteiger charge is -2.11. The maximum absolute atomic E-state index is 5.50. The van der Waals surface area contributed by atoms with E-state index in [0.29, 0.717) is 17.5 Å². The number of benzene rings is 8. The molecule has 0 saturated carbocycles. The maximum Gasteiger partial charge on any atom is 0.164 e. The average molecular weight is 793 g/mol. The molecule has 4 heterocycles. The van der Waals surface area contributed by atoms with Crippen molar-refractivity contribution in [3.8, 4) is 73.5 Å². The normalized spacial score (nSPS) is 11.5. The van der Waals surface area contributed by atoms with Gasteiger partial charge in [-0.1, -0.05) is 182 Å². The van der Waals surface area contributed by atoms with Crippen LogP contribution in [-0.2, 0) is 0 Å². The fraction of sp³-hybridized carbons (Fsp3) is 0. The zero-order valence-electron chi connectivity index (χ0n) is 33.5. The highest BCUT2D eigenvalue weighted by molar-refractivity contribution is 6.15. The van der Waals surface area contributed by atoms with Gasteiger partial charge in [0.15, 0.2) is 17.5 Å². The van der Waals surface area contributed by atoms with Crippen molar-refractivity contribution in [2.24, 2.45) is 0 Å². The third-order valence-electron chi connectivity index (χ3n) is 11.8. The van der Waals surface area contributed by atoms with Gasteiger partial charge in [-0.15, -0.1) is 0 Å². The highest BCUT2D eigenvalue weighted by Crippen LogP contribution is 2.42. The van der Waals surface area contributed by atoms with Crippen molar-refractivity contribution in [2.45, 2.75) is 0 Å². The van der Waals surface area contributed by atoms with Crippen molar-refractivity contribution in [3.63, 3.8) is 0 Å². The van der Waals surface area contributed by atoms with Crippen molar-refractivity contribution < 1.29 is 0 Å². The number of pyridine rings is 1. The molecule has 0 unspecified atom stereocenters. The van der Waals surface area contributed by atoms with E-state index in [1.807, 2.05) is 18.2 Å². The summed E-state index contributed by atoms with van der Waals surface area (Å²) in [6.45, 7) is 0. The molecule has 62 heavy (non-hydrogen) atoms. The van der Waals surface area contributed by atoms with E-state index >= 15 is 0 Å². The van der Waals surface area contributed by atoms with E-state index in [1.165, 1.54) is 0 Å². The molecule has 0 amide bonds. The topological polar surface area (TPSA) is 60.9 Å². The lowest BCUT2D eigenvalue weighted by molar-refractivity contribution is 0.979. The molecule has 290 valence electrons. The van der Waals surface area contributed by atoms with Gasteiger partial charge in [0.05, 0.1) is 22.2 Å². The lowest BCUT2D eigenvalue weighted by atomic mass is 9.96. The van der Waals surface area contributed by atoms with Gasteiger partial charge in [-0.25, -0.2) is 19.5 Å². The standard InChI is InChI=1S/C56H36N6/c1-5-19-37(20-6-1)49-36-40-25-13-14-30-44(40)53-50(38-21-7-2-8-22-38)52(60-62(49)53)41-26-17-27-42(35-41)55-57-54(39-23-9-3-10-24-39)58-56(59-55)46-32-18-34-48-51(46)45-31-15-16-33-47(45)61(48)43-28-11-4-12-29-43/h1-36H. The van der Waals surface area contributed by atoms with E-state index in [1.54, 1.807) is 0 Å². The summed E-state index contributed by atoms with van der Waals surface area (Å²) in [4.78, 5) is 15.8. The van der Waals surface area contributed by atoms with Gasteiger partial charge in [0.1, 0.15) is 5.69 Å². The van der Waals surface area contributed by atoms with Crippen LogP contribution >= 0.6 is 0 Å². The van der Waals surface area contributed by atoms with E-state index in [2.05, 4.69) is 209 Å². The number of hydrogen-bond donors (Lipinski definition) is 0. The molecule has 8 aromatic carbocycles. The van der Waals surface area contributed by atoms with Crippen molar-refractivity contribution in [3.05, 3.63) is 218 Å². The molecule has 0 radical (unpaired) electrons. The summed E-state index contributed by atoms with van der Waals surface area (Å²) in [6, 6.07) is 76.1. The van der Waals surface area contributed by atoms with Crippen LogP contribution in [0.4, 0.5) is 0 Å². The number of hydrogen-bond acceptors (Lipinski definition) is 4. The van der Waals surface area contributed by atoms with Crippen LogP contribution in [0.25, 0.3) is 112 Å². The minimum absolute atomic E-state index is 0.583. The molecule has 0 aliphatic heterocycles. The van der Waals surface area contributed by atoms with Crippen molar-refractivity contribution in [2.75, 3.05) is 0 Å². The van der Waals surface area contributed by atoms with Crippen LogP contribution < -0.4 is 0 Å². The van der Waals surface area contributed by atoms with Crippen LogP contribution in [0.15, 0.2) is 218 Å². The molecular formula is C56H36N6. The highest BCUT2D eigenvalue weighted by atomic mass is 15.2. The van der Waals surface area contributed by atoms with E-state index in [4.69, 9.17) is 20.1 Å². The molecule has 12 rings (SSSR count). The SMILES string of the molecule is c1ccc(-c2nc(-c3cccc(-c4nn5c(-c6ccccc6)cc6ccccc6c5c4-c4ccccc4)c3)nc(-c3cccc4c3c3ccccc3n4-c3ccccc3)n2)cc1. The summed E-state index contributed by atoms with van der Waals surface area (Å²) in [6.07, 6.45) is 0. The number of rotatable bonds is 7. The van der Waals surface area contributed by atoms with Crippen LogP contribution in [0.5, 0.6) is 0 Å². The molecule has 12 aromatic rings. The summed E-state index contributed by atoms with van der Waals surface area (Å²) < 4.78 is 4.45. The Morgan fingerprint density at radius 2 is 0.919 bits per heavy atom. The molecule has 4 aromatic heterocycles. The molecule has 0 atom stereocenters. The fourth-order valence-electron chi connectivity index (χ4n) is 8.99. The summed E-state index contributed by atoms with van der Waals surface area (Å²) in [5.74, 6) is 1.80. The molecule has 0 bridgehead atoms. The van der Waals surface area contributed by atoms with Gasteiger partial charge in [0, 0.05) is 55.2 Å². The Kier molecular flexibility index (Phi) is 8.38. The molecule has 0 N–H and O–H groups in total. The maximum atomic E-state index is 5.50. The van der Waals surface area contributed by atoms with Gasteiger partial charge >= 0.3 is 0 Å². The Morgan fingerprint density at radius 3 is 1.68 bits per heavy atom. The van der Waals surface area contributed by atoms with Crippen molar-refractivity contribution in [1.29, 1.82) is 0 Å². The minimum Gasteiger partial charge on any atom is -0.309 e. The lowest BCUT2D eigenvalue weighted by Crippen LogP contribution is -2.01. The van der Waals surface area contributed by atoms with Crippen molar-refractivity contribution in [1.82, 2.24) is 29.1 Å². The quantitative estimate of drug-likeness (QED) is 0.161. The van der Waals surface area contributed by atoms with Crippen LogP contribution in [-0.4, -0.2) is 29.1 Å². The van der Waals surface area contributed by atoms with Crippen LogP contribution in [0, 0.1) is 0 Å². The van der Waals surface area contributed by atoms with Gasteiger partial charge < -0.3 is 4.57 Å². The van der Waals surface area contributed by atoms with E-state index in [0.717, 1.165) is 94.1 Å². The summed E-state index contributed by atoms with van der Waals surface area (Å²) in [5, 5.41) is 10.0. The predicted octanol–water partition coefficient (Wildman–Crippen LogP) is 13.8. The second-order valence-corrected chi connectivity index (χ2v) is 15.5. The average Bonchev–Trinajstić information content (AvgIpc) is 3.92. The molecule has 6 nitrogen and oxygen atoms in total. The molecule has 0 aliphatic rings. The Morgan fingerprint density at radius 1 is 0.371 bits per heavy atom. The first kappa shape index (κ1) is 35.5. The number of fused-ring (bicyclic) bond motifs is 6. The molecule has 0 aliphatic carbocycles. The predicted molar refractivity (Wildman–Crippen MR) is 253 cm³/mol.